The summed E-state index contributed by atoms with van der Waals surface area (Å²) in [5, 5.41) is 0. The van der Waals surface area contributed by atoms with Gasteiger partial charge in [-0.05, 0) is 62.3 Å². The predicted octanol–water partition coefficient (Wildman–Crippen LogP) is 1.98. The molecule has 1 rings (SSSR count). The molecule has 1 aliphatic heterocycles. The van der Waals surface area contributed by atoms with Crippen molar-refractivity contribution in [2.24, 2.45) is 0 Å². The fourth-order valence-corrected chi connectivity index (χ4v) is 3.95. The molecule has 0 bridgehead atoms. The van der Waals surface area contributed by atoms with Crippen molar-refractivity contribution >= 4 is 17.9 Å². The lowest BCUT2D eigenvalue weighted by atomic mass is 10.2. The first-order chi connectivity index (χ1) is 19.4. The number of carbonyl (C=O) groups is 3. The summed E-state index contributed by atoms with van der Waals surface area (Å²) in [5.74, 6) is -0.926. The van der Waals surface area contributed by atoms with Gasteiger partial charge in [0.2, 0.25) is 0 Å². The van der Waals surface area contributed by atoms with Crippen molar-refractivity contribution in [3.63, 3.8) is 0 Å². The van der Waals surface area contributed by atoms with Crippen LogP contribution in [0.3, 0.4) is 0 Å². The maximum Gasteiger partial charge on any atom is 0.320 e. The number of hydrogen-bond donors (Lipinski definition) is 0. The van der Waals surface area contributed by atoms with E-state index in [0.29, 0.717) is 78.9 Å². The highest BCUT2D eigenvalue weighted by atomic mass is 16.6. The molecule has 0 spiro atoms. The Morgan fingerprint density at radius 3 is 0.810 bits per heavy atom. The van der Waals surface area contributed by atoms with Gasteiger partial charge < -0.3 is 28.4 Å². The van der Waals surface area contributed by atoms with Crippen LogP contribution in [-0.2, 0) is 42.8 Å². The second-order valence-electron chi connectivity index (χ2n) is 13.4. The molecule has 0 amide bonds. The Kier molecular flexibility index (Phi) is 17.1. The summed E-state index contributed by atoms with van der Waals surface area (Å²) in [6.07, 6.45) is 0. The van der Waals surface area contributed by atoms with Gasteiger partial charge in [0.25, 0.3) is 0 Å². The smallest absolute Gasteiger partial charge is 0.320 e. The molecule has 0 aromatic carbocycles. The van der Waals surface area contributed by atoms with Crippen molar-refractivity contribution in [1.29, 1.82) is 0 Å². The van der Waals surface area contributed by atoms with Crippen LogP contribution in [0.1, 0.15) is 62.3 Å². The molecular formula is C30H57N3O9. The van der Waals surface area contributed by atoms with Crippen LogP contribution in [0.2, 0.25) is 0 Å². The van der Waals surface area contributed by atoms with Gasteiger partial charge in [-0.2, -0.15) is 0 Å². The maximum absolute atomic E-state index is 12.5. The fourth-order valence-electron chi connectivity index (χ4n) is 3.95. The van der Waals surface area contributed by atoms with Gasteiger partial charge in [0.1, 0.15) is 16.8 Å². The highest BCUT2D eigenvalue weighted by Crippen LogP contribution is 2.10. The van der Waals surface area contributed by atoms with Crippen molar-refractivity contribution in [1.82, 2.24) is 14.7 Å². The second-order valence-corrected chi connectivity index (χ2v) is 13.4. The highest BCUT2D eigenvalue weighted by Gasteiger charge is 2.22. The van der Waals surface area contributed by atoms with Gasteiger partial charge in [0.05, 0.1) is 59.3 Å². The molecule has 0 aromatic rings. The van der Waals surface area contributed by atoms with Gasteiger partial charge in [0.15, 0.2) is 0 Å². The van der Waals surface area contributed by atoms with Gasteiger partial charge in [-0.1, -0.05) is 0 Å². The highest BCUT2D eigenvalue weighted by molar-refractivity contribution is 5.72. The van der Waals surface area contributed by atoms with Crippen LogP contribution in [0.4, 0.5) is 0 Å². The number of nitrogens with zero attached hydrogens (tertiary/aromatic N) is 3. The molecule has 1 heterocycles. The molecule has 0 aromatic heterocycles. The molecule has 0 N–H and O–H groups in total. The molecule has 0 atom stereocenters. The van der Waals surface area contributed by atoms with E-state index in [2.05, 4.69) is 0 Å². The monoisotopic (exact) mass is 603 g/mol. The number of hydrogen-bond acceptors (Lipinski definition) is 12. The Morgan fingerprint density at radius 2 is 0.643 bits per heavy atom. The second kappa shape index (κ2) is 18.7. The van der Waals surface area contributed by atoms with Crippen LogP contribution in [-0.4, -0.2) is 148 Å². The summed E-state index contributed by atoms with van der Waals surface area (Å²) < 4.78 is 34.1. The van der Waals surface area contributed by atoms with E-state index in [4.69, 9.17) is 28.4 Å². The minimum atomic E-state index is -0.570. The number of carbonyl (C=O) groups excluding carboxylic acids is 3. The zero-order valence-corrected chi connectivity index (χ0v) is 27.6. The molecule has 0 radical (unpaired) electrons. The minimum Gasteiger partial charge on any atom is -0.459 e. The van der Waals surface area contributed by atoms with Crippen molar-refractivity contribution in [2.45, 2.75) is 79.1 Å². The number of rotatable bonds is 6. The lowest BCUT2D eigenvalue weighted by Gasteiger charge is -2.27. The third-order valence-corrected chi connectivity index (χ3v) is 5.63. The van der Waals surface area contributed by atoms with E-state index in [1.54, 1.807) is 0 Å². The van der Waals surface area contributed by atoms with Crippen molar-refractivity contribution < 1.29 is 42.8 Å². The maximum atomic E-state index is 12.5. The van der Waals surface area contributed by atoms with Crippen molar-refractivity contribution in [3.8, 4) is 0 Å². The molecule has 42 heavy (non-hydrogen) atoms. The van der Waals surface area contributed by atoms with Gasteiger partial charge in [-0.15, -0.1) is 0 Å². The molecule has 1 aliphatic rings. The molecule has 1 fully saturated rings. The van der Waals surface area contributed by atoms with E-state index in [-0.39, 0.29) is 37.5 Å². The normalized spacial score (nSPS) is 19.4. The Balaban J connectivity index is 2.87. The summed E-state index contributed by atoms with van der Waals surface area (Å²) in [4.78, 5) is 43.3. The summed E-state index contributed by atoms with van der Waals surface area (Å²) in [5.41, 5.74) is -1.71. The summed E-state index contributed by atoms with van der Waals surface area (Å²) in [6, 6.07) is 0. The Bertz CT molecular complexity index is 681. The minimum absolute atomic E-state index is 0.122. The predicted molar refractivity (Wildman–Crippen MR) is 159 cm³/mol. The van der Waals surface area contributed by atoms with Crippen molar-refractivity contribution in [2.75, 3.05) is 98.5 Å². The molecule has 0 unspecified atom stereocenters. The number of ether oxygens (including phenoxy) is 6. The fraction of sp³-hybridized carbons (Fsp3) is 0.900. The standard InChI is InChI=1S/C30H57N3O9/c1-28(2,3)40-25(34)22-31-10-16-37-18-12-32(23-26(35)41-29(4,5)6)14-20-39-21-15-33(13-19-38-17-11-31)24-27(36)42-30(7,8)9/h10-24H2,1-9H3. The summed E-state index contributed by atoms with van der Waals surface area (Å²) in [7, 11) is 0. The quantitative estimate of drug-likeness (QED) is 0.327. The molecular weight excluding hydrogens is 546 g/mol. The average Bonchev–Trinajstić information content (AvgIpc) is 2.78. The zero-order valence-electron chi connectivity index (χ0n) is 27.6. The topological polar surface area (TPSA) is 116 Å². The van der Waals surface area contributed by atoms with E-state index in [1.807, 2.05) is 77.0 Å². The first kappa shape index (κ1) is 38.2. The molecule has 246 valence electrons. The van der Waals surface area contributed by atoms with Crippen LogP contribution in [0.15, 0.2) is 0 Å². The molecule has 12 heteroatoms. The molecule has 12 nitrogen and oxygen atoms in total. The first-order valence-corrected chi connectivity index (χ1v) is 15.0. The SMILES string of the molecule is CC(C)(C)OC(=O)CN1CCOCCN(CC(=O)OC(C)(C)C)CCOCCN(CC(=O)OC(C)(C)C)CCOCC1. The van der Waals surface area contributed by atoms with Gasteiger partial charge in [-0.25, -0.2) is 0 Å². The van der Waals surface area contributed by atoms with E-state index in [9.17, 15) is 14.4 Å². The van der Waals surface area contributed by atoms with Crippen LogP contribution >= 0.6 is 0 Å². The third kappa shape index (κ3) is 21.8. The van der Waals surface area contributed by atoms with Crippen LogP contribution in [0, 0.1) is 0 Å². The lowest BCUT2D eigenvalue weighted by molar-refractivity contribution is -0.157. The number of esters is 3. The Hall–Kier alpha value is -1.83. The largest absolute Gasteiger partial charge is 0.459 e. The van der Waals surface area contributed by atoms with Gasteiger partial charge >= 0.3 is 17.9 Å². The van der Waals surface area contributed by atoms with Crippen LogP contribution in [0.5, 0.6) is 0 Å². The third-order valence-electron chi connectivity index (χ3n) is 5.63. The van der Waals surface area contributed by atoms with E-state index >= 15 is 0 Å². The Labute approximate surface area is 253 Å². The van der Waals surface area contributed by atoms with E-state index in [1.165, 1.54) is 0 Å². The average molecular weight is 604 g/mol. The molecule has 0 saturated carbocycles. The summed E-state index contributed by atoms with van der Waals surface area (Å²) >= 11 is 0. The first-order valence-electron chi connectivity index (χ1n) is 15.0. The van der Waals surface area contributed by atoms with Crippen LogP contribution in [0.25, 0.3) is 0 Å². The van der Waals surface area contributed by atoms with Gasteiger partial charge in [0, 0.05) is 39.3 Å². The zero-order chi connectivity index (χ0) is 31.8. The van der Waals surface area contributed by atoms with E-state index in [0.717, 1.165) is 0 Å². The lowest BCUT2D eigenvalue weighted by Crippen LogP contribution is -2.41. The Morgan fingerprint density at radius 1 is 0.452 bits per heavy atom. The summed E-state index contributed by atoms with van der Waals surface area (Å²) in [6.45, 7) is 22.5. The molecule has 1 saturated heterocycles. The van der Waals surface area contributed by atoms with Crippen LogP contribution < -0.4 is 0 Å². The van der Waals surface area contributed by atoms with E-state index < -0.39 is 16.8 Å². The molecule has 0 aliphatic carbocycles. The van der Waals surface area contributed by atoms with Crippen molar-refractivity contribution in [3.05, 3.63) is 0 Å². The van der Waals surface area contributed by atoms with Gasteiger partial charge in [-0.3, -0.25) is 29.1 Å².